The van der Waals surface area contributed by atoms with Gasteiger partial charge in [-0.3, -0.25) is 0 Å². The Labute approximate surface area is 175 Å². The first-order chi connectivity index (χ1) is 14.1. The molecule has 0 radical (unpaired) electrons. The molecule has 0 bridgehead atoms. The van der Waals surface area contributed by atoms with E-state index in [0.717, 1.165) is 40.3 Å². The van der Waals surface area contributed by atoms with Crippen molar-refractivity contribution in [3.63, 3.8) is 0 Å². The smallest absolute Gasteiger partial charge is 0.213 e. The Hall–Kier alpha value is -2.98. The highest BCUT2D eigenvalue weighted by Gasteiger charge is 2.41. The molecule has 3 aromatic carbocycles. The molecule has 5 rings (SSSR count). The van der Waals surface area contributed by atoms with Crippen LogP contribution in [0.2, 0.25) is 5.02 Å². The molecule has 29 heavy (non-hydrogen) atoms. The number of halogens is 1. The summed E-state index contributed by atoms with van der Waals surface area (Å²) in [4.78, 5) is 0. The van der Waals surface area contributed by atoms with Crippen molar-refractivity contribution in [1.29, 1.82) is 0 Å². The van der Waals surface area contributed by atoms with Gasteiger partial charge >= 0.3 is 0 Å². The van der Waals surface area contributed by atoms with Crippen LogP contribution in [0.15, 0.2) is 71.8 Å². The molecule has 0 saturated carbocycles. The Balaban J connectivity index is 1.59. The summed E-state index contributed by atoms with van der Waals surface area (Å²) < 4.78 is 11.8. The third-order valence-corrected chi connectivity index (χ3v) is 5.75. The summed E-state index contributed by atoms with van der Waals surface area (Å²) in [6.45, 7) is 2.08. The van der Waals surface area contributed by atoms with Crippen molar-refractivity contribution in [3.8, 4) is 11.5 Å². The van der Waals surface area contributed by atoms with Crippen LogP contribution in [0.25, 0.3) is 0 Å². The third-order valence-electron chi connectivity index (χ3n) is 5.52. The minimum Gasteiger partial charge on any atom is -0.497 e. The molecule has 0 spiro atoms. The first-order valence-electron chi connectivity index (χ1n) is 9.65. The lowest BCUT2D eigenvalue weighted by molar-refractivity contribution is -0.0190. The van der Waals surface area contributed by atoms with Gasteiger partial charge in [0.05, 0.1) is 18.9 Å². The van der Waals surface area contributed by atoms with Crippen LogP contribution in [-0.2, 0) is 0 Å². The van der Waals surface area contributed by atoms with Gasteiger partial charge < -0.3 is 9.47 Å². The Kier molecular flexibility index (Phi) is 4.44. The van der Waals surface area contributed by atoms with Gasteiger partial charge in [-0.25, -0.2) is 5.01 Å². The Morgan fingerprint density at radius 1 is 1.07 bits per heavy atom. The van der Waals surface area contributed by atoms with Crippen molar-refractivity contribution in [2.24, 2.45) is 5.10 Å². The molecule has 5 heteroatoms. The lowest BCUT2D eigenvalue weighted by Gasteiger charge is -2.38. The van der Waals surface area contributed by atoms with Crippen LogP contribution in [-0.4, -0.2) is 17.8 Å². The third kappa shape index (κ3) is 3.23. The van der Waals surface area contributed by atoms with E-state index < -0.39 is 0 Å². The minimum absolute atomic E-state index is 0.0740. The maximum atomic E-state index is 6.39. The van der Waals surface area contributed by atoms with Gasteiger partial charge in [-0.2, -0.15) is 5.10 Å². The van der Waals surface area contributed by atoms with Gasteiger partial charge in [-0.1, -0.05) is 53.6 Å². The molecule has 4 nitrogen and oxygen atoms in total. The molecule has 2 atom stereocenters. The molecule has 0 fully saturated rings. The Morgan fingerprint density at radius 2 is 1.90 bits per heavy atom. The van der Waals surface area contributed by atoms with Gasteiger partial charge in [-0.05, 0) is 37.3 Å². The largest absolute Gasteiger partial charge is 0.497 e. The highest BCUT2D eigenvalue weighted by Crippen LogP contribution is 2.48. The molecule has 0 aliphatic carbocycles. The number of rotatable bonds is 3. The van der Waals surface area contributed by atoms with Gasteiger partial charge in [0.1, 0.15) is 11.5 Å². The molecule has 0 saturated heterocycles. The molecule has 146 valence electrons. The SMILES string of the molecule is COc1cccc(C2=NN3C(C2)c2cc(Cl)ccc2OC3c2ccc(C)cc2)c1. The number of hydrogen-bond donors (Lipinski definition) is 0. The number of fused-ring (bicyclic) bond motifs is 3. The summed E-state index contributed by atoms with van der Waals surface area (Å²) in [6, 6.07) is 22.4. The number of hydrogen-bond acceptors (Lipinski definition) is 4. The Bertz CT molecular complexity index is 1090. The Morgan fingerprint density at radius 3 is 2.69 bits per heavy atom. The lowest BCUT2D eigenvalue weighted by Crippen LogP contribution is -2.33. The maximum Gasteiger partial charge on any atom is 0.213 e. The number of aryl methyl sites for hydroxylation is 1. The summed E-state index contributed by atoms with van der Waals surface area (Å²) in [5.74, 6) is 1.69. The summed E-state index contributed by atoms with van der Waals surface area (Å²) in [6.07, 6.45) is 0.504. The van der Waals surface area contributed by atoms with E-state index in [0.29, 0.717) is 5.02 Å². The van der Waals surface area contributed by atoms with Crippen LogP contribution < -0.4 is 9.47 Å². The van der Waals surface area contributed by atoms with Gasteiger partial charge in [0.15, 0.2) is 0 Å². The highest BCUT2D eigenvalue weighted by molar-refractivity contribution is 6.30. The summed E-state index contributed by atoms with van der Waals surface area (Å²) in [5, 5.41) is 7.76. The van der Waals surface area contributed by atoms with Crippen molar-refractivity contribution >= 4 is 17.3 Å². The van der Waals surface area contributed by atoms with E-state index in [4.69, 9.17) is 26.2 Å². The van der Waals surface area contributed by atoms with Crippen LogP contribution in [0.1, 0.15) is 40.9 Å². The van der Waals surface area contributed by atoms with Crippen molar-refractivity contribution in [1.82, 2.24) is 5.01 Å². The number of methoxy groups -OCH3 is 1. The van der Waals surface area contributed by atoms with E-state index in [-0.39, 0.29) is 12.3 Å². The van der Waals surface area contributed by atoms with Crippen LogP contribution in [0.3, 0.4) is 0 Å². The molecule has 0 amide bonds. The van der Waals surface area contributed by atoms with Gasteiger partial charge in [0, 0.05) is 28.1 Å². The highest BCUT2D eigenvalue weighted by atomic mass is 35.5. The topological polar surface area (TPSA) is 34.1 Å². The van der Waals surface area contributed by atoms with Crippen molar-refractivity contribution in [3.05, 3.63) is 94.0 Å². The maximum absolute atomic E-state index is 6.39. The predicted octanol–water partition coefficient (Wildman–Crippen LogP) is 5.90. The number of hydrazone groups is 1. The number of ether oxygens (including phenoxy) is 2. The zero-order valence-electron chi connectivity index (χ0n) is 16.3. The average molecular weight is 405 g/mol. The molecule has 0 aromatic heterocycles. The summed E-state index contributed by atoms with van der Waals surface area (Å²) >= 11 is 6.30. The molecule has 2 aliphatic rings. The normalized spacial score (nSPS) is 19.8. The number of benzene rings is 3. The van der Waals surface area contributed by atoms with E-state index in [1.807, 2.05) is 36.4 Å². The first kappa shape index (κ1) is 18.1. The predicted molar refractivity (Wildman–Crippen MR) is 115 cm³/mol. The summed E-state index contributed by atoms with van der Waals surface area (Å²) in [7, 11) is 1.68. The quantitative estimate of drug-likeness (QED) is 0.545. The lowest BCUT2D eigenvalue weighted by atomic mass is 9.95. The molecule has 0 N–H and O–H groups in total. The summed E-state index contributed by atoms with van der Waals surface area (Å²) in [5.41, 5.74) is 5.45. The van der Waals surface area contributed by atoms with Crippen LogP contribution in [0.5, 0.6) is 11.5 Å². The zero-order chi connectivity index (χ0) is 20.0. The van der Waals surface area contributed by atoms with Crippen LogP contribution in [0, 0.1) is 6.92 Å². The molecule has 3 aromatic rings. The van der Waals surface area contributed by atoms with Gasteiger partial charge in [-0.15, -0.1) is 0 Å². The second-order valence-electron chi connectivity index (χ2n) is 7.44. The van der Waals surface area contributed by atoms with E-state index >= 15 is 0 Å². The van der Waals surface area contributed by atoms with Gasteiger partial charge in [0.25, 0.3) is 0 Å². The molecule has 2 heterocycles. The standard InChI is InChI=1S/C24H21ClN2O2/c1-15-6-8-16(9-7-15)24-27-22(20-13-18(25)10-11-23(20)29-24)14-21(26-27)17-4-3-5-19(12-17)28-2/h3-13,22,24H,14H2,1-2H3. The monoisotopic (exact) mass is 404 g/mol. The van der Waals surface area contributed by atoms with Crippen LogP contribution >= 0.6 is 11.6 Å². The van der Waals surface area contributed by atoms with Crippen molar-refractivity contribution in [2.45, 2.75) is 25.6 Å². The van der Waals surface area contributed by atoms with E-state index in [9.17, 15) is 0 Å². The fraction of sp³-hybridized carbons (Fsp3) is 0.208. The first-order valence-corrected chi connectivity index (χ1v) is 10.0. The second-order valence-corrected chi connectivity index (χ2v) is 7.88. The minimum atomic E-state index is -0.280. The fourth-order valence-electron chi connectivity index (χ4n) is 3.99. The van der Waals surface area contributed by atoms with Crippen molar-refractivity contribution < 1.29 is 9.47 Å². The second kappa shape index (κ2) is 7.12. The molecule has 2 unspecified atom stereocenters. The van der Waals surface area contributed by atoms with Crippen LogP contribution in [0.4, 0.5) is 0 Å². The molecular formula is C24H21ClN2O2. The number of nitrogens with zero attached hydrogens (tertiary/aromatic N) is 2. The fourth-order valence-corrected chi connectivity index (χ4v) is 4.17. The zero-order valence-corrected chi connectivity index (χ0v) is 17.1. The van der Waals surface area contributed by atoms with E-state index in [1.54, 1.807) is 7.11 Å². The van der Waals surface area contributed by atoms with Crippen molar-refractivity contribution in [2.75, 3.05) is 7.11 Å². The molecular weight excluding hydrogens is 384 g/mol. The average Bonchev–Trinajstić information content (AvgIpc) is 3.20. The van der Waals surface area contributed by atoms with E-state index in [1.165, 1.54) is 5.56 Å². The van der Waals surface area contributed by atoms with E-state index in [2.05, 4.69) is 42.3 Å². The molecule has 2 aliphatic heterocycles. The van der Waals surface area contributed by atoms with Gasteiger partial charge in [0.2, 0.25) is 6.23 Å².